The predicted octanol–water partition coefficient (Wildman–Crippen LogP) is 4.72. The van der Waals surface area contributed by atoms with Crippen LogP contribution in [0.1, 0.15) is 12.8 Å². The molecule has 1 aromatic carbocycles. The molecule has 0 saturated carbocycles. The van der Waals surface area contributed by atoms with Crippen LogP contribution < -0.4 is 5.56 Å². The summed E-state index contributed by atoms with van der Waals surface area (Å²) >= 11 is 12.3. The molecular weight excluding hydrogens is 345 g/mol. The number of allylic oxidation sites excluding steroid dienone is 4. The molecule has 0 saturated heterocycles. The standard InChI is InChI=1S/C18H13Cl2N3O/c19-14-7-6-12(8-15(14)20)23-9-13(11-4-2-1-3-5-11)16-17(23)21-10-22-18(16)24/h1-5,8-10H,6-7H2,(H,21,22,24). The van der Waals surface area contributed by atoms with Crippen LogP contribution in [0.4, 0.5) is 0 Å². The lowest BCUT2D eigenvalue weighted by atomic mass is 10.1. The van der Waals surface area contributed by atoms with Crippen LogP contribution in [0.5, 0.6) is 0 Å². The molecule has 1 aliphatic rings. The Kier molecular flexibility index (Phi) is 3.79. The number of nitrogens with zero attached hydrogens (tertiary/aromatic N) is 2. The van der Waals surface area contributed by atoms with Crippen LogP contribution in [0.25, 0.3) is 27.9 Å². The van der Waals surface area contributed by atoms with Gasteiger partial charge in [-0.05, 0) is 24.5 Å². The highest BCUT2D eigenvalue weighted by Gasteiger charge is 2.19. The number of hydrogen-bond donors (Lipinski definition) is 1. The summed E-state index contributed by atoms with van der Waals surface area (Å²) in [6.45, 7) is 0. The van der Waals surface area contributed by atoms with E-state index in [2.05, 4.69) is 9.97 Å². The number of rotatable bonds is 2. The van der Waals surface area contributed by atoms with Crippen molar-refractivity contribution in [1.29, 1.82) is 0 Å². The second-order valence-electron chi connectivity index (χ2n) is 5.60. The smallest absolute Gasteiger partial charge is 0.260 e. The molecule has 1 N–H and O–H groups in total. The van der Waals surface area contributed by atoms with Crippen LogP contribution in [0.15, 0.2) is 63.8 Å². The molecule has 0 fully saturated rings. The maximum atomic E-state index is 12.4. The van der Waals surface area contributed by atoms with Crippen molar-refractivity contribution < 1.29 is 0 Å². The zero-order valence-electron chi connectivity index (χ0n) is 12.6. The lowest BCUT2D eigenvalue weighted by Crippen LogP contribution is -2.08. The molecule has 0 atom stereocenters. The van der Waals surface area contributed by atoms with Gasteiger partial charge < -0.3 is 9.55 Å². The highest BCUT2D eigenvalue weighted by atomic mass is 35.5. The van der Waals surface area contributed by atoms with Crippen molar-refractivity contribution in [2.45, 2.75) is 12.8 Å². The quantitative estimate of drug-likeness (QED) is 0.721. The highest BCUT2D eigenvalue weighted by molar-refractivity contribution is 6.40. The van der Waals surface area contributed by atoms with Crippen molar-refractivity contribution in [1.82, 2.24) is 14.5 Å². The van der Waals surface area contributed by atoms with E-state index in [1.807, 2.05) is 47.2 Å². The van der Waals surface area contributed by atoms with Crippen LogP contribution in [-0.4, -0.2) is 14.5 Å². The summed E-state index contributed by atoms with van der Waals surface area (Å²) in [5.74, 6) is 0. The molecule has 3 aromatic rings. The molecule has 2 aromatic heterocycles. The van der Waals surface area contributed by atoms with E-state index in [4.69, 9.17) is 23.2 Å². The molecule has 0 spiro atoms. The van der Waals surface area contributed by atoms with Crippen molar-refractivity contribution >= 4 is 39.9 Å². The zero-order valence-corrected chi connectivity index (χ0v) is 14.1. The van der Waals surface area contributed by atoms with Crippen LogP contribution in [0.3, 0.4) is 0 Å². The second kappa shape index (κ2) is 5.96. The Balaban J connectivity index is 2.01. The number of hydrogen-bond acceptors (Lipinski definition) is 2. The van der Waals surface area contributed by atoms with Gasteiger partial charge in [0.2, 0.25) is 0 Å². The first-order valence-corrected chi connectivity index (χ1v) is 8.30. The van der Waals surface area contributed by atoms with Crippen molar-refractivity contribution in [3.8, 4) is 11.1 Å². The van der Waals surface area contributed by atoms with Gasteiger partial charge >= 0.3 is 0 Å². The Morgan fingerprint density at radius 3 is 2.67 bits per heavy atom. The highest BCUT2D eigenvalue weighted by Crippen LogP contribution is 2.35. The SMILES string of the molecule is O=c1[nH]cnc2c1c(-c1ccccc1)cn2C1=CC(Cl)=C(Cl)CC1. The first-order chi connectivity index (χ1) is 11.6. The Morgan fingerprint density at radius 2 is 1.92 bits per heavy atom. The van der Waals surface area contributed by atoms with Crippen LogP contribution in [-0.2, 0) is 0 Å². The van der Waals surface area contributed by atoms with Gasteiger partial charge in [-0.25, -0.2) is 4.98 Å². The molecule has 0 aliphatic heterocycles. The average molecular weight is 358 g/mol. The Labute approximate surface area is 148 Å². The molecule has 1 aliphatic carbocycles. The lowest BCUT2D eigenvalue weighted by molar-refractivity contribution is 0.939. The summed E-state index contributed by atoms with van der Waals surface area (Å²) < 4.78 is 1.93. The molecule has 4 rings (SSSR count). The molecule has 0 amide bonds. The van der Waals surface area contributed by atoms with E-state index in [-0.39, 0.29) is 5.56 Å². The van der Waals surface area contributed by atoms with E-state index in [0.717, 1.165) is 23.2 Å². The topological polar surface area (TPSA) is 50.7 Å². The number of fused-ring (bicyclic) bond motifs is 1. The normalized spacial score (nSPS) is 15.0. The Morgan fingerprint density at radius 1 is 1.12 bits per heavy atom. The maximum absolute atomic E-state index is 12.4. The number of nitrogens with one attached hydrogen (secondary N) is 1. The molecule has 6 heteroatoms. The van der Waals surface area contributed by atoms with Gasteiger partial charge in [0, 0.05) is 22.5 Å². The minimum atomic E-state index is -0.159. The number of benzene rings is 1. The van der Waals surface area contributed by atoms with Crippen LogP contribution >= 0.6 is 23.2 Å². The molecule has 0 radical (unpaired) electrons. The second-order valence-corrected chi connectivity index (χ2v) is 6.46. The van der Waals surface area contributed by atoms with E-state index < -0.39 is 0 Å². The van der Waals surface area contributed by atoms with Gasteiger partial charge in [0.1, 0.15) is 0 Å². The monoisotopic (exact) mass is 357 g/mol. The van der Waals surface area contributed by atoms with E-state index >= 15 is 0 Å². The van der Waals surface area contributed by atoms with E-state index in [0.29, 0.717) is 27.5 Å². The van der Waals surface area contributed by atoms with Crippen molar-refractivity contribution in [3.63, 3.8) is 0 Å². The summed E-state index contributed by atoms with van der Waals surface area (Å²) in [5.41, 5.74) is 3.24. The predicted molar refractivity (Wildman–Crippen MR) is 98.0 cm³/mol. The van der Waals surface area contributed by atoms with Crippen molar-refractivity contribution in [2.24, 2.45) is 0 Å². The third-order valence-corrected chi connectivity index (χ3v) is 4.96. The summed E-state index contributed by atoms with van der Waals surface area (Å²) in [5, 5.41) is 1.76. The summed E-state index contributed by atoms with van der Waals surface area (Å²) in [6, 6.07) is 9.79. The summed E-state index contributed by atoms with van der Waals surface area (Å²) in [6.07, 6.45) is 6.61. The molecule has 0 bridgehead atoms. The van der Waals surface area contributed by atoms with Crippen molar-refractivity contribution in [3.05, 3.63) is 69.4 Å². The minimum absolute atomic E-state index is 0.159. The van der Waals surface area contributed by atoms with Gasteiger partial charge in [-0.15, -0.1) is 0 Å². The van der Waals surface area contributed by atoms with Crippen molar-refractivity contribution in [2.75, 3.05) is 0 Å². The molecule has 120 valence electrons. The zero-order chi connectivity index (χ0) is 16.7. The van der Waals surface area contributed by atoms with Gasteiger partial charge in [-0.1, -0.05) is 53.5 Å². The van der Waals surface area contributed by atoms with Gasteiger partial charge in [0.25, 0.3) is 5.56 Å². The fourth-order valence-corrected chi connectivity index (χ4v) is 3.34. The van der Waals surface area contributed by atoms with E-state index in [9.17, 15) is 4.79 Å². The minimum Gasteiger partial charge on any atom is -0.312 e. The largest absolute Gasteiger partial charge is 0.312 e. The fourth-order valence-electron chi connectivity index (χ4n) is 2.97. The third kappa shape index (κ3) is 2.48. The Bertz CT molecular complexity index is 1050. The average Bonchev–Trinajstić information content (AvgIpc) is 2.99. The van der Waals surface area contributed by atoms with E-state index in [1.54, 1.807) is 0 Å². The number of H-pyrrole nitrogens is 1. The number of aromatic amines is 1. The maximum Gasteiger partial charge on any atom is 0.260 e. The van der Waals surface area contributed by atoms with Gasteiger partial charge in [0.15, 0.2) is 5.65 Å². The third-order valence-electron chi connectivity index (χ3n) is 4.14. The fraction of sp³-hybridized carbons (Fsp3) is 0.111. The molecule has 4 nitrogen and oxygen atoms in total. The first kappa shape index (κ1) is 15.2. The first-order valence-electron chi connectivity index (χ1n) is 7.54. The molecule has 24 heavy (non-hydrogen) atoms. The number of aromatic nitrogens is 3. The van der Waals surface area contributed by atoms with Crippen LogP contribution in [0.2, 0.25) is 0 Å². The lowest BCUT2D eigenvalue weighted by Gasteiger charge is -2.15. The number of halogens is 2. The molecule has 0 unspecified atom stereocenters. The van der Waals surface area contributed by atoms with Gasteiger partial charge in [-0.2, -0.15) is 0 Å². The summed E-state index contributed by atoms with van der Waals surface area (Å²) in [4.78, 5) is 19.4. The van der Waals surface area contributed by atoms with E-state index in [1.165, 1.54) is 6.33 Å². The molecule has 2 heterocycles. The van der Waals surface area contributed by atoms with Gasteiger partial charge in [0.05, 0.1) is 16.7 Å². The molecular formula is C18H13Cl2N3O. The summed E-state index contributed by atoms with van der Waals surface area (Å²) in [7, 11) is 0. The van der Waals surface area contributed by atoms with Crippen LogP contribution in [0, 0.1) is 0 Å². The Hall–Kier alpha value is -2.30. The van der Waals surface area contributed by atoms with Gasteiger partial charge in [-0.3, -0.25) is 4.79 Å².